The van der Waals surface area contributed by atoms with E-state index in [1.165, 1.54) is 0 Å². The maximum Gasteiger partial charge on any atom is 0.294 e. The molecule has 1 heterocycles. The van der Waals surface area contributed by atoms with Crippen molar-refractivity contribution in [3.63, 3.8) is 0 Å². The monoisotopic (exact) mass is 349 g/mol. The average Bonchev–Trinajstić information content (AvgIpc) is 2.88. The van der Waals surface area contributed by atoms with Crippen LogP contribution in [0.5, 0.6) is 0 Å². The zero-order valence-corrected chi connectivity index (χ0v) is 15.5. The molecule has 2 aromatic rings. The molecule has 0 radical (unpaired) electrons. The van der Waals surface area contributed by atoms with Gasteiger partial charge in [0.15, 0.2) is 11.5 Å². The molecule has 4 heteroatoms. The summed E-state index contributed by atoms with van der Waals surface area (Å²) in [6, 6.07) is 14.6. The van der Waals surface area contributed by atoms with Crippen LogP contribution in [-0.4, -0.2) is 16.8 Å². The van der Waals surface area contributed by atoms with Gasteiger partial charge in [-0.3, -0.25) is 14.5 Å². The van der Waals surface area contributed by atoms with E-state index in [9.17, 15) is 14.7 Å². The van der Waals surface area contributed by atoms with Crippen LogP contribution in [0.2, 0.25) is 0 Å². The smallest absolute Gasteiger partial charge is 0.294 e. The molecule has 0 saturated carbocycles. The third-order valence-corrected chi connectivity index (χ3v) is 4.74. The third kappa shape index (κ3) is 2.92. The number of aryl methyl sites for hydroxylation is 2. The Kier molecular flexibility index (Phi) is 4.68. The summed E-state index contributed by atoms with van der Waals surface area (Å²) in [6.07, 6.45) is 0. The second kappa shape index (κ2) is 6.79. The van der Waals surface area contributed by atoms with Crippen molar-refractivity contribution in [3.05, 3.63) is 76.6 Å². The summed E-state index contributed by atoms with van der Waals surface area (Å²) in [4.78, 5) is 27.3. The molecule has 0 bridgehead atoms. The van der Waals surface area contributed by atoms with E-state index in [4.69, 9.17) is 0 Å². The van der Waals surface area contributed by atoms with Crippen molar-refractivity contribution in [2.45, 2.75) is 33.7 Å². The number of carbonyl (C=O) groups excluding carboxylic acids is 2. The van der Waals surface area contributed by atoms with Crippen LogP contribution in [0.1, 0.15) is 36.6 Å². The molecular weight excluding hydrogens is 326 g/mol. The van der Waals surface area contributed by atoms with Gasteiger partial charge in [-0.1, -0.05) is 56.3 Å². The van der Waals surface area contributed by atoms with E-state index in [1.54, 1.807) is 18.7 Å². The summed E-state index contributed by atoms with van der Waals surface area (Å²) < 4.78 is 0. The first-order valence-corrected chi connectivity index (χ1v) is 8.76. The van der Waals surface area contributed by atoms with Crippen molar-refractivity contribution in [1.82, 2.24) is 0 Å². The minimum absolute atomic E-state index is 0.178. The lowest BCUT2D eigenvalue weighted by Crippen LogP contribution is -2.32. The van der Waals surface area contributed by atoms with Gasteiger partial charge in [-0.25, -0.2) is 0 Å². The van der Waals surface area contributed by atoms with E-state index in [1.807, 2.05) is 62.4 Å². The molecule has 134 valence electrons. The van der Waals surface area contributed by atoms with Gasteiger partial charge in [0.05, 0.1) is 11.6 Å². The normalized spacial score (nSPS) is 17.3. The molecule has 0 fully saturated rings. The van der Waals surface area contributed by atoms with Gasteiger partial charge in [0.25, 0.3) is 5.91 Å². The van der Waals surface area contributed by atoms with Gasteiger partial charge in [-0.2, -0.15) is 0 Å². The predicted molar refractivity (Wildman–Crippen MR) is 102 cm³/mol. The highest BCUT2D eigenvalue weighted by Gasteiger charge is 2.45. The van der Waals surface area contributed by atoms with Crippen LogP contribution in [0.3, 0.4) is 0 Å². The molecule has 2 aromatic carbocycles. The highest BCUT2D eigenvalue weighted by atomic mass is 16.3. The Bertz CT molecular complexity index is 897. The molecule has 1 aliphatic rings. The van der Waals surface area contributed by atoms with Crippen LogP contribution < -0.4 is 4.90 Å². The zero-order chi connectivity index (χ0) is 19.0. The Hall–Kier alpha value is -2.88. The van der Waals surface area contributed by atoms with Crippen LogP contribution in [-0.2, 0) is 9.59 Å². The Labute approximate surface area is 153 Å². The van der Waals surface area contributed by atoms with Crippen molar-refractivity contribution < 1.29 is 14.7 Å². The quantitative estimate of drug-likeness (QED) is 0.888. The number of amides is 1. The van der Waals surface area contributed by atoms with Crippen molar-refractivity contribution in [3.8, 4) is 0 Å². The van der Waals surface area contributed by atoms with Gasteiger partial charge in [-0.15, -0.1) is 0 Å². The molecule has 1 atom stereocenters. The van der Waals surface area contributed by atoms with Crippen LogP contribution in [0.15, 0.2) is 59.9 Å². The summed E-state index contributed by atoms with van der Waals surface area (Å²) in [6.45, 7) is 7.42. The minimum Gasteiger partial charge on any atom is -0.503 e. The van der Waals surface area contributed by atoms with E-state index in [0.29, 0.717) is 5.69 Å². The van der Waals surface area contributed by atoms with Crippen molar-refractivity contribution in [1.29, 1.82) is 0 Å². The summed E-state index contributed by atoms with van der Waals surface area (Å²) in [5.74, 6) is -1.50. The highest BCUT2D eigenvalue weighted by Crippen LogP contribution is 2.42. The van der Waals surface area contributed by atoms with Crippen molar-refractivity contribution in [2.75, 3.05) is 4.90 Å². The highest BCUT2D eigenvalue weighted by molar-refractivity contribution is 6.17. The molecule has 0 aromatic heterocycles. The summed E-state index contributed by atoms with van der Waals surface area (Å²) in [5.41, 5.74) is 3.61. The van der Waals surface area contributed by atoms with E-state index in [2.05, 4.69) is 0 Å². The van der Waals surface area contributed by atoms with Crippen LogP contribution in [0.25, 0.3) is 0 Å². The topological polar surface area (TPSA) is 57.6 Å². The lowest BCUT2D eigenvalue weighted by Gasteiger charge is -2.29. The lowest BCUT2D eigenvalue weighted by molar-refractivity contribution is -0.119. The first kappa shape index (κ1) is 17.9. The largest absolute Gasteiger partial charge is 0.503 e. The van der Waals surface area contributed by atoms with Gasteiger partial charge in [-0.05, 0) is 36.6 Å². The standard InChI is InChI=1S/C22H23NO3/c1-13(2)20(24)18-19(16-8-6-5-7-9-16)23(22(26)21(18)25)17-12-14(3)10-11-15(17)4/h5-13,19,25H,1-4H3. The molecule has 1 amide bonds. The number of aliphatic hydroxyl groups excluding tert-OH is 1. The number of hydrogen-bond donors (Lipinski definition) is 1. The Morgan fingerprint density at radius 3 is 2.35 bits per heavy atom. The average molecular weight is 349 g/mol. The minimum atomic E-state index is -0.626. The molecule has 3 rings (SSSR count). The molecule has 1 aliphatic heterocycles. The molecule has 26 heavy (non-hydrogen) atoms. The van der Waals surface area contributed by atoms with Gasteiger partial charge < -0.3 is 5.11 Å². The second-order valence-corrected chi connectivity index (χ2v) is 7.06. The number of anilines is 1. The molecular formula is C22H23NO3. The van der Waals surface area contributed by atoms with Gasteiger partial charge in [0.1, 0.15) is 0 Å². The van der Waals surface area contributed by atoms with Crippen LogP contribution >= 0.6 is 0 Å². The summed E-state index contributed by atoms with van der Waals surface area (Å²) in [5, 5.41) is 10.6. The first-order chi connectivity index (χ1) is 12.3. The van der Waals surface area contributed by atoms with Crippen molar-refractivity contribution in [2.24, 2.45) is 5.92 Å². The maximum absolute atomic E-state index is 13.0. The SMILES string of the molecule is Cc1ccc(C)c(N2C(=O)C(O)=C(C(=O)C(C)C)C2c2ccccc2)c1. The van der Waals surface area contributed by atoms with Crippen LogP contribution in [0, 0.1) is 19.8 Å². The fraction of sp³-hybridized carbons (Fsp3) is 0.273. The number of ketones is 1. The van der Waals surface area contributed by atoms with E-state index < -0.39 is 17.7 Å². The number of carbonyl (C=O) groups is 2. The Morgan fingerprint density at radius 1 is 1.08 bits per heavy atom. The van der Waals surface area contributed by atoms with Gasteiger partial charge in [0.2, 0.25) is 0 Å². The number of benzene rings is 2. The second-order valence-electron chi connectivity index (χ2n) is 7.06. The summed E-state index contributed by atoms with van der Waals surface area (Å²) >= 11 is 0. The fourth-order valence-electron chi connectivity index (χ4n) is 3.35. The van der Waals surface area contributed by atoms with E-state index in [-0.39, 0.29) is 17.3 Å². The fourth-order valence-corrected chi connectivity index (χ4v) is 3.35. The first-order valence-electron chi connectivity index (χ1n) is 8.76. The summed E-state index contributed by atoms with van der Waals surface area (Å²) in [7, 11) is 0. The molecule has 0 aliphatic carbocycles. The van der Waals surface area contributed by atoms with E-state index in [0.717, 1.165) is 16.7 Å². The lowest BCUT2D eigenvalue weighted by atomic mass is 9.91. The maximum atomic E-state index is 13.0. The zero-order valence-electron chi connectivity index (χ0n) is 15.5. The third-order valence-electron chi connectivity index (χ3n) is 4.74. The molecule has 4 nitrogen and oxygen atoms in total. The number of Topliss-reactive ketones (excluding diaryl/α,β-unsaturated/α-hetero) is 1. The van der Waals surface area contributed by atoms with Gasteiger partial charge in [0, 0.05) is 11.6 Å². The van der Waals surface area contributed by atoms with Gasteiger partial charge >= 0.3 is 0 Å². The number of nitrogens with zero attached hydrogens (tertiary/aromatic N) is 1. The molecule has 0 saturated heterocycles. The Balaban J connectivity index is 2.23. The molecule has 0 spiro atoms. The molecule has 1 unspecified atom stereocenters. The van der Waals surface area contributed by atoms with Crippen molar-refractivity contribution >= 4 is 17.4 Å². The molecule has 1 N–H and O–H groups in total. The predicted octanol–water partition coefficient (Wildman–Crippen LogP) is 4.43. The number of aliphatic hydroxyl groups is 1. The number of hydrogen-bond acceptors (Lipinski definition) is 3. The van der Waals surface area contributed by atoms with E-state index >= 15 is 0 Å². The number of rotatable bonds is 4. The Morgan fingerprint density at radius 2 is 1.73 bits per heavy atom. The van der Waals surface area contributed by atoms with Crippen LogP contribution in [0.4, 0.5) is 5.69 Å².